The lowest BCUT2D eigenvalue weighted by Crippen LogP contribution is -2.38. The molecule has 28 heavy (non-hydrogen) atoms. The summed E-state index contributed by atoms with van der Waals surface area (Å²) in [7, 11) is 1.61. The summed E-state index contributed by atoms with van der Waals surface area (Å²) in [6.45, 7) is 2.76. The number of hydrogen-bond donors (Lipinski definition) is 1. The second kappa shape index (κ2) is 8.64. The minimum Gasteiger partial charge on any atom is -0.497 e. The first kappa shape index (κ1) is 20.2. The monoisotopic (exact) mass is 410 g/mol. The molecule has 0 atom stereocenters. The Bertz CT molecular complexity index is 796. The van der Waals surface area contributed by atoms with Crippen LogP contribution in [-0.2, 0) is 6.18 Å². The molecule has 9 heteroatoms. The molecule has 0 saturated carbocycles. The maximum Gasteiger partial charge on any atom is 0.417 e. The lowest BCUT2D eigenvalue weighted by atomic mass is 10.2. The summed E-state index contributed by atoms with van der Waals surface area (Å²) in [4.78, 5) is 8.03. The number of thiocarbonyl (C=S) groups is 1. The zero-order valence-corrected chi connectivity index (χ0v) is 16.2. The number of alkyl halides is 3. The molecule has 1 aliphatic heterocycles. The molecule has 1 N–H and O–H groups in total. The van der Waals surface area contributed by atoms with Crippen LogP contribution in [0.5, 0.6) is 5.75 Å². The van der Waals surface area contributed by atoms with Crippen molar-refractivity contribution in [3.8, 4) is 5.75 Å². The Balaban J connectivity index is 1.58. The number of nitrogens with zero attached hydrogens (tertiary/aromatic N) is 3. The Morgan fingerprint density at radius 1 is 1.07 bits per heavy atom. The Labute approximate surface area is 167 Å². The standard InChI is InChI=1S/C19H21F3N4OS/c1-27-16-6-4-15(5-7-16)24-18(28)26-10-2-9-25(11-12-26)17-8-3-14(13-23-17)19(20,21)22/h3-8,13H,2,9-12H2,1H3,(H,24,28). The fourth-order valence-electron chi connectivity index (χ4n) is 2.97. The number of benzene rings is 1. The van der Waals surface area contributed by atoms with Crippen LogP contribution in [0.2, 0.25) is 0 Å². The Morgan fingerprint density at radius 3 is 2.43 bits per heavy atom. The number of ether oxygens (including phenoxy) is 1. The molecule has 5 nitrogen and oxygen atoms in total. The van der Waals surface area contributed by atoms with E-state index in [9.17, 15) is 13.2 Å². The normalized spacial score (nSPS) is 15.1. The van der Waals surface area contributed by atoms with E-state index in [-0.39, 0.29) is 0 Å². The van der Waals surface area contributed by atoms with Crippen LogP contribution in [0.3, 0.4) is 0 Å². The van der Waals surface area contributed by atoms with E-state index in [0.717, 1.165) is 36.7 Å². The zero-order chi connectivity index (χ0) is 20.1. The molecular weight excluding hydrogens is 389 g/mol. The van der Waals surface area contributed by atoms with Crippen molar-refractivity contribution in [2.75, 3.05) is 43.5 Å². The Kier molecular flexibility index (Phi) is 6.23. The van der Waals surface area contributed by atoms with Crippen molar-refractivity contribution in [1.29, 1.82) is 0 Å². The summed E-state index contributed by atoms with van der Waals surface area (Å²) in [5, 5.41) is 3.83. The summed E-state index contributed by atoms with van der Waals surface area (Å²) in [5.74, 6) is 1.31. The minimum absolute atomic E-state index is 0.545. The van der Waals surface area contributed by atoms with Gasteiger partial charge in [-0.2, -0.15) is 13.2 Å². The van der Waals surface area contributed by atoms with Gasteiger partial charge in [0.05, 0.1) is 12.7 Å². The second-order valence-corrected chi connectivity index (χ2v) is 6.78. The number of hydrogen-bond acceptors (Lipinski definition) is 4. The number of pyridine rings is 1. The molecule has 1 aromatic carbocycles. The van der Waals surface area contributed by atoms with E-state index in [2.05, 4.69) is 15.2 Å². The molecule has 0 bridgehead atoms. The molecule has 150 valence electrons. The number of methoxy groups -OCH3 is 1. The molecule has 1 aliphatic rings. The van der Waals surface area contributed by atoms with Crippen LogP contribution in [-0.4, -0.2) is 48.3 Å². The molecule has 1 fully saturated rings. The van der Waals surface area contributed by atoms with Crippen LogP contribution in [0.25, 0.3) is 0 Å². The van der Waals surface area contributed by atoms with Crippen molar-refractivity contribution >= 4 is 28.8 Å². The van der Waals surface area contributed by atoms with Crippen LogP contribution in [0.4, 0.5) is 24.7 Å². The molecule has 1 aromatic heterocycles. The van der Waals surface area contributed by atoms with Crippen molar-refractivity contribution in [1.82, 2.24) is 9.88 Å². The molecule has 0 amide bonds. The van der Waals surface area contributed by atoms with E-state index in [4.69, 9.17) is 17.0 Å². The number of anilines is 2. The molecule has 3 rings (SSSR count). The van der Waals surface area contributed by atoms with Crippen molar-refractivity contribution < 1.29 is 17.9 Å². The van der Waals surface area contributed by atoms with Crippen molar-refractivity contribution in [2.45, 2.75) is 12.6 Å². The van der Waals surface area contributed by atoms with Gasteiger partial charge in [0.15, 0.2) is 5.11 Å². The van der Waals surface area contributed by atoms with Gasteiger partial charge in [-0.1, -0.05) is 0 Å². The molecule has 2 heterocycles. The van der Waals surface area contributed by atoms with Gasteiger partial charge in [0.25, 0.3) is 0 Å². The molecule has 0 aliphatic carbocycles. The molecule has 0 spiro atoms. The van der Waals surface area contributed by atoms with E-state index >= 15 is 0 Å². The zero-order valence-electron chi connectivity index (χ0n) is 15.4. The minimum atomic E-state index is -4.37. The average Bonchev–Trinajstić information content (AvgIpc) is 2.94. The maximum atomic E-state index is 12.7. The van der Waals surface area contributed by atoms with Gasteiger partial charge in [-0.25, -0.2) is 4.98 Å². The molecule has 2 aromatic rings. The first-order valence-corrected chi connectivity index (χ1v) is 9.26. The second-order valence-electron chi connectivity index (χ2n) is 6.39. The highest BCUT2D eigenvalue weighted by Crippen LogP contribution is 2.29. The van der Waals surface area contributed by atoms with Gasteiger partial charge in [-0.3, -0.25) is 0 Å². The van der Waals surface area contributed by atoms with Crippen molar-refractivity contribution in [3.05, 3.63) is 48.2 Å². The third-order valence-electron chi connectivity index (χ3n) is 4.52. The highest BCUT2D eigenvalue weighted by atomic mass is 32.1. The lowest BCUT2D eigenvalue weighted by molar-refractivity contribution is -0.137. The Morgan fingerprint density at radius 2 is 1.82 bits per heavy atom. The molecule has 0 unspecified atom stereocenters. The smallest absolute Gasteiger partial charge is 0.417 e. The predicted molar refractivity (Wildman–Crippen MR) is 107 cm³/mol. The third kappa shape index (κ3) is 5.03. The van der Waals surface area contributed by atoms with Gasteiger partial charge in [-0.15, -0.1) is 0 Å². The third-order valence-corrected chi connectivity index (χ3v) is 4.88. The van der Waals surface area contributed by atoms with Crippen molar-refractivity contribution in [3.63, 3.8) is 0 Å². The summed E-state index contributed by atoms with van der Waals surface area (Å²) in [6, 6.07) is 9.98. The van der Waals surface area contributed by atoms with Crippen LogP contribution in [0.1, 0.15) is 12.0 Å². The maximum absolute atomic E-state index is 12.7. The van der Waals surface area contributed by atoms with E-state index in [1.54, 1.807) is 7.11 Å². The Hall–Kier alpha value is -2.55. The van der Waals surface area contributed by atoms with E-state index in [1.165, 1.54) is 6.07 Å². The quantitative estimate of drug-likeness (QED) is 0.771. The van der Waals surface area contributed by atoms with E-state index in [1.807, 2.05) is 29.2 Å². The van der Waals surface area contributed by atoms with E-state index < -0.39 is 11.7 Å². The largest absolute Gasteiger partial charge is 0.497 e. The van der Waals surface area contributed by atoms with Gasteiger partial charge in [0, 0.05) is 38.1 Å². The highest BCUT2D eigenvalue weighted by molar-refractivity contribution is 7.80. The van der Waals surface area contributed by atoms with Crippen LogP contribution in [0.15, 0.2) is 42.6 Å². The SMILES string of the molecule is COc1ccc(NC(=S)N2CCCN(c3ccc(C(F)(F)F)cn3)CC2)cc1. The first-order valence-electron chi connectivity index (χ1n) is 8.85. The summed E-state index contributed by atoms with van der Waals surface area (Å²) in [5.41, 5.74) is 0.133. The number of aromatic nitrogens is 1. The highest BCUT2D eigenvalue weighted by Gasteiger charge is 2.31. The predicted octanol–water partition coefficient (Wildman–Crippen LogP) is 4.02. The van der Waals surface area contributed by atoms with Crippen molar-refractivity contribution in [2.24, 2.45) is 0 Å². The topological polar surface area (TPSA) is 40.6 Å². The number of nitrogens with one attached hydrogen (secondary N) is 1. The van der Waals surface area contributed by atoms with Gasteiger partial charge < -0.3 is 19.9 Å². The number of halogens is 3. The van der Waals surface area contributed by atoms with Crippen LogP contribution in [0, 0.1) is 0 Å². The van der Waals surface area contributed by atoms with Gasteiger partial charge in [-0.05, 0) is 55.0 Å². The fraction of sp³-hybridized carbons (Fsp3) is 0.368. The summed E-state index contributed by atoms with van der Waals surface area (Å²) in [6.07, 6.45) is -2.67. The average molecular weight is 410 g/mol. The summed E-state index contributed by atoms with van der Waals surface area (Å²) >= 11 is 5.52. The molecule has 0 radical (unpaired) electrons. The van der Waals surface area contributed by atoms with Gasteiger partial charge >= 0.3 is 6.18 Å². The van der Waals surface area contributed by atoms with Gasteiger partial charge in [0.2, 0.25) is 0 Å². The van der Waals surface area contributed by atoms with Crippen LogP contribution < -0.4 is 15.0 Å². The van der Waals surface area contributed by atoms with Gasteiger partial charge in [0.1, 0.15) is 11.6 Å². The molecule has 1 saturated heterocycles. The first-order chi connectivity index (χ1) is 13.4. The number of rotatable bonds is 3. The summed E-state index contributed by atoms with van der Waals surface area (Å²) < 4.78 is 43.2. The van der Waals surface area contributed by atoms with E-state index in [0.29, 0.717) is 30.6 Å². The fourth-order valence-corrected chi connectivity index (χ4v) is 3.27. The van der Waals surface area contributed by atoms with Crippen LogP contribution >= 0.6 is 12.2 Å². The molecular formula is C19H21F3N4OS. The lowest BCUT2D eigenvalue weighted by Gasteiger charge is -2.25.